The quantitative estimate of drug-likeness (QED) is 0.810. The van der Waals surface area contributed by atoms with Gasteiger partial charge in [0.25, 0.3) is 5.91 Å². The molecule has 2 amide bonds. The third-order valence-electron chi connectivity index (χ3n) is 4.15. The number of piperazine rings is 1. The van der Waals surface area contributed by atoms with E-state index < -0.39 is 0 Å². The van der Waals surface area contributed by atoms with Crippen LogP contribution in [0.2, 0.25) is 0 Å². The van der Waals surface area contributed by atoms with Gasteiger partial charge in [-0.15, -0.1) is 12.4 Å². The summed E-state index contributed by atoms with van der Waals surface area (Å²) in [6.45, 7) is 2.65. The Bertz CT molecular complexity index is 589. The summed E-state index contributed by atoms with van der Waals surface area (Å²) in [7, 11) is 3.09. The van der Waals surface area contributed by atoms with Gasteiger partial charge in [-0.2, -0.15) is 0 Å². The number of ether oxygens (including phenoxy) is 2. The maximum absolute atomic E-state index is 12.7. The molecule has 0 unspecified atom stereocenters. The van der Waals surface area contributed by atoms with Crippen LogP contribution in [0.15, 0.2) is 18.2 Å². The first-order valence-electron chi connectivity index (χ1n) is 8.09. The van der Waals surface area contributed by atoms with E-state index in [0.717, 1.165) is 0 Å². The first kappa shape index (κ1) is 21.1. The second kappa shape index (κ2) is 10.1. The van der Waals surface area contributed by atoms with Crippen molar-refractivity contribution in [2.75, 3.05) is 46.9 Å². The molecule has 7 nitrogen and oxygen atoms in total. The normalized spacial score (nSPS) is 13.9. The van der Waals surface area contributed by atoms with Crippen molar-refractivity contribution in [1.82, 2.24) is 9.80 Å². The largest absolute Gasteiger partial charge is 0.497 e. The van der Waals surface area contributed by atoms with Crippen molar-refractivity contribution < 1.29 is 19.1 Å². The molecule has 25 heavy (non-hydrogen) atoms. The average Bonchev–Trinajstić information content (AvgIpc) is 2.65. The lowest BCUT2D eigenvalue weighted by Crippen LogP contribution is -2.50. The van der Waals surface area contributed by atoms with E-state index in [4.69, 9.17) is 15.2 Å². The van der Waals surface area contributed by atoms with Crippen LogP contribution in [-0.2, 0) is 4.79 Å². The molecule has 140 valence electrons. The number of methoxy groups -OCH3 is 2. The molecule has 1 aromatic carbocycles. The molecule has 1 heterocycles. The number of halogens is 1. The summed E-state index contributed by atoms with van der Waals surface area (Å²) in [5, 5.41) is 0. The van der Waals surface area contributed by atoms with Crippen LogP contribution in [0.3, 0.4) is 0 Å². The zero-order chi connectivity index (χ0) is 17.5. The van der Waals surface area contributed by atoms with Gasteiger partial charge in [0.15, 0.2) is 0 Å². The van der Waals surface area contributed by atoms with Crippen molar-refractivity contribution in [1.29, 1.82) is 0 Å². The van der Waals surface area contributed by atoms with Gasteiger partial charge in [-0.25, -0.2) is 0 Å². The molecule has 0 aliphatic carbocycles. The molecule has 8 heteroatoms. The molecular formula is C17H26ClN3O4. The SMILES string of the molecule is COc1ccc(C(=O)N2CCN(C(=O)CCCN)CC2)c(OC)c1.Cl. The highest BCUT2D eigenvalue weighted by Crippen LogP contribution is 2.26. The maximum atomic E-state index is 12.7. The van der Waals surface area contributed by atoms with E-state index in [2.05, 4.69) is 0 Å². The lowest BCUT2D eigenvalue weighted by molar-refractivity contribution is -0.132. The van der Waals surface area contributed by atoms with Gasteiger partial charge in [-0.1, -0.05) is 0 Å². The standard InChI is InChI=1S/C17H25N3O4.ClH/c1-23-13-5-6-14(15(12-13)24-2)17(22)20-10-8-19(9-11-20)16(21)4-3-7-18;/h5-6,12H,3-4,7-11,18H2,1-2H3;1H. The molecule has 1 aliphatic heterocycles. The van der Waals surface area contributed by atoms with Gasteiger partial charge < -0.3 is 25.0 Å². The van der Waals surface area contributed by atoms with Gasteiger partial charge in [0.05, 0.1) is 19.8 Å². The summed E-state index contributed by atoms with van der Waals surface area (Å²) >= 11 is 0. The summed E-state index contributed by atoms with van der Waals surface area (Å²) < 4.78 is 10.5. The third kappa shape index (κ3) is 5.24. The smallest absolute Gasteiger partial charge is 0.257 e. The molecule has 0 radical (unpaired) electrons. The Morgan fingerprint density at radius 3 is 2.28 bits per heavy atom. The van der Waals surface area contributed by atoms with Crippen LogP contribution in [0.25, 0.3) is 0 Å². The van der Waals surface area contributed by atoms with Crippen LogP contribution >= 0.6 is 12.4 Å². The highest BCUT2D eigenvalue weighted by Gasteiger charge is 2.26. The topological polar surface area (TPSA) is 85.1 Å². The Balaban J connectivity index is 0.00000312. The molecule has 1 aromatic rings. The van der Waals surface area contributed by atoms with Crippen LogP contribution < -0.4 is 15.2 Å². The molecular weight excluding hydrogens is 346 g/mol. The summed E-state index contributed by atoms with van der Waals surface area (Å²) in [5.74, 6) is 1.14. The second-order valence-corrected chi connectivity index (χ2v) is 5.63. The van der Waals surface area contributed by atoms with E-state index in [1.54, 1.807) is 35.1 Å². The van der Waals surface area contributed by atoms with E-state index in [9.17, 15) is 9.59 Å². The lowest BCUT2D eigenvalue weighted by atomic mass is 10.1. The molecule has 0 spiro atoms. The first-order valence-corrected chi connectivity index (χ1v) is 8.09. The number of carbonyl (C=O) groups is 2. The molecule has 2 N–H and O–H groups in total. The average molecular weight is 372 g/mol. The Morgan fingerprint density at radius 2 is 1.72 bits per heavy atom. The highest BCUT2D eigenvalue weighted by molar-refractivity contribution is 5.97. The van der Waals surface area contributed by atoms with Crippen LogP contribution in [0.4, 0.5) is 0 Å². The number of nitrogens with zero attached hydrogens (tertiary/aromatic N) is 2. The van der Waals surface area contributed by atoms with Gasteiger partial charge in [-0.3, -0.25) is 9.59 Å². The molecule has 1 saturated heterocycles. The molecule has 2 rings (SSSR count). The second-order valence-electron chi connectivity index (χ2n) is 5.63. The molecule has 0 saturated carbocycles. The number of amides is 2. The van der Waals surface area contributed by atoms with E-state index in [1.807, 2.05) is 0 Å². The summed E-state index contributed by atoms with van der Waals surface area (Å²) in [4.78, 5) is 28.3. The lowest BCUT2D eigenvalue weighted by Gasteiger charge is -2.35. The van der Waals surface area contributed by atoms with E-state index >= 15 is 0 Å². The molecule has 0 bridgehead atoms. The number of rotatable bonds is 6. The third-order valence-corrected chi connectivity index (χ3v) is 4.15. The molecule has 0 aromatic heterocycles. The summed E-state index contributed by atoms with van der Waals surface area (Å²) in [6, 6.07) is 5.14. The number of carbonyl (C=O) groups excluding carboxylic acids is 2. The summed E-state index contributed by atoms with van der Waals surface area (Å²) in [6.07, 6.45) is 1.16. The van der Waals surface area contributed by atoms with Crippen LogP contribution in [0.1, 0.15) is 23.2 Å². The van der Waals surface area contributed by atoms with Gasteiger partial charge in [0, 0.05) is 38.7 Å². The zero-order valence-electron chi connectivity index (χ0n) is 14.7. The van der Waals surface area contributed by atoms with Crippen molar-refractivity contribution >= 4 is 24.2 Å². The van der Waals surface area contributed by atoms with Crippen LogP contribution in [-0.4, -0.2) is 68.6 Å². The number of hydrogen-bond donors (Lipinski definition) is 1. The van der Waals surface area contributed by atoms with E-state index in [-0.39, 0.29) is 24.2 Å². The fourth-order valence-corrected chi connectivity index (χ4v) is 2.72. The predicted octanol–water partition coefficient (Wildman–Crippen LogP) is 1.15. The Kier molecular flexibility index (Phi) is 8.51. The van der Waals surface area contributed by atoms with Crippen molar-refractivity contribution in [2.24, 2.45) is 5.73 Å². The fraction of sp³-hybridized carbons (Fsp3) is 0.529. The van der Waals surface area contributed by atoms with Gasteiger partial charge in [0.1, 0.15) is 11.5 Å². The predicted molar refractivity (Wildman–Crippen MR) is 97.6 cm³/mol. The van der Waals surface area contributed by atoms with Crippen molar-refractivity contribution in [3.63, 3.8) is 0 Å². The molecule has 1 aliphatic rings. The van der Waals surface area contributed by atoms with Crippen molar-refractivity contribution in [3.05, 3.63) is 23.8 Å². The zero-order valence-corrected chi connectivity index (χ0v) is 15.5. The number of benzene rings is 1. The fourth-order valence-electron chi connectivity index (χ4n) is 2.72. The van der Waals surface area contributed by atoms with Crippen molar-refractivity contribution in [3.8, 4) is 11.5 Å². The minimum Gasteiger partial charge on any atom is -0.497 e. The molecule has 0 atom stereocenters. The number of hydrogen-bond acceptors (Lipinski definition) is 5. The summed E-state index contributed by atoms with van der Waals surface area (Å²) in [5.41, 5.74) is 5.94. The molecule has 1 fully saturated rings. The maximum Gasteiger partial charge on any atom is 0.257 e. The highest BCUT2D eigenvalue weighted by atomic mass is 35.5. The van der Waals surface area contributed by atoms with Crippen molar-refractivity contribution in [2.45, 2.75) is 12.8 Å². The van der Waals surface area contributed by atoms with Crippen LogP contribution in [0.5, 0.6) is 11.5 Å². The Hall–Kier alpha value is -1.99. The monoisotopic (exact) mass is 371 g/mol. The minimum atomic E-state index is -0.0939. The van der Waals surface area contributed by atoms with Gasteiger partial charge >= 0.3 is 0 Å². The van der Waals surface area contributed by atoms with Crippen LogP contribution in [0, 0.1) is 0 Å². The minimum absolute atomic E-state index is 0. The number of nitrogens with two attached hydrogens (primary N) is 1. The van der Waals surface area contributed by atoms with E-state index in [0.29, 0.717) is 62.6 Å². The van der Waals surface area contributed by atoms with Gasteiger partial charge in [-0.05, 0) is 25.1 Å². The Morgan fingerprint density at radius 1 is 1.08 bits per heavy atom. The Labute approximate surface area is 154 Å². The first-order chi connectivity index (χ1) is 11.6. The van der Waals surface area contributed by atoms with Gasteiger partial charge in [0.2, 0.25) is 5.91 Å². The van der Waals surface area contributed by atoms with E-state index in [1.165, 1.54) is 7.11 Å².